The number of benzene rings is 1. The van der Waals surface area contributed by atoms with Gasteiger partial charge in [-0.05, 0) is 75.3 Å². The molecule has 3 aliphatic rings. The number of nitriles is 1. The number of pyridine rings is 1. The molecule has 2 aliphatic heterocycles. The molecule has 262 valence electrons. The summed E-state index contributed by atoms with van der Waals surface area (Å²) < 4.78 is 22.0. The van der Waals surface area contributed by atoms with Crippen molar-refractivity contribution >= 4 is 11.6 Å². The minimum absolute atomic E-state index is 0.234. The maximum absolute atomic E-state index is 9.71. The maximum Gasteiger partial charge on any atom is 0.257 e. The Morgan fingerprint density at radius 1 is 0.961 bits per heavy atom. The molecule has 3 fully saturated rings. The Morgan fingerprint density at radius 2 is 1.75 bits per heavy atom. The standard InChI is InChI=1S/C37H41N11O3/c1-25(18-46-24-39-23-43-46)51-35-14-26(5-6-27(35)15-38)28-16-41-37(42-17-28)44-34-19-47(45-36(34)50-20-29-4-2-3-13-40-29)30-7-9-31(10-8-30)48-32-11-12-33(48)22-49-21-32/h2-6,13-14,16-17,19,23-25,30-33H,7-12,18,20-22H2,1H3,(H,41,42,44)/t25-,30-,31-,32-,33+/m0/s1. The Morgan fingerprint density at radius 3 is 2.47 bits per heavy atom. The molecule has 3 atom stereocenters. The Kier molecular flexibility index (Phi) is 9.54. The second-order valence-corrected chi connectivity index (χ2v) is 13.6. The molecule has 14 heteroatoms. The van der Waals surface area contributed by atoms with Gasteiger partial charge in [0.1, 0.15) is 42.9 Å². The molecule has 51 heavy (non-hydrogen) atoms. The van der Waals surface area contributed by atoms with Crippen molar-refractivity contribution in [1.29, 1.82) is 5.26 Å². The van der Waals surface area contributed by atoms with E-state index in [-0.39, 0.29) is 12.1 Å². The summed E-state index contributed by atoms with van der Waals surface area (Å²) in [6, 6.07) is 15.5. The molecular formula is C37H41N11O3. The van der Waals surface area contributed by atoms with Crippen molar-refractivity contribution in [3.05, 3.63) is 85.1 Å². The Labute approximate surface area is 296 Å². The Balaban J connectivity index is 0.968. The van der Waals surface area contributed by atoms with Crippen molar-refractivity contribution in [1.82, 2.24) is 44.4 Å². The first kappa shape index (κ1) is 32.8. The zero-order valence-electron chi connectivity index (χ0n) is 28.6. The van der Waals surface area contributed by atoms with Crippen LogP contribution in [0.1, 0.15) is 62.7 Å². The number of nitrogens with zero attached hydrogens (tertiary/aromatic N) is 10. The number of nitrogens with one attached hydrogen (secondary N) is 1. The number of hydrogen-bond donors (Lipinski definition) is 1. The summed E-state index contributed by atoms with van der Waals surface area (Å²) in [5.41, 5.74) is 3.57. The largest absolute Gasteiger partial charge is 0.487 e. The van der Waals surface area contributed by atoms with Gasteiger partial charge in [0.15, 0.2) is 0 Å². The highest BCUT2D eigenvalue weighted by molar-refractivity contribution is 5.67. The monoisotopic (exact) mass is 687 g/mol. The van der Waals surface area contributed by atoms with Crippen LogP contribution in [0.25, 0.3) is 11.1 Å². The van der Waals surface area contributed by atoms with Crippen molar-refractivity contribution in [2.45, 2.75) is 88.9 Å². The maximum atomic E-state index is 9.71. The number of ether oxygens (including phenoxy) is 3. The lowest BCUT2D eigenvalue weighted by atomic mass is 9.89. The molecule has 1 aliphatic carbocycles. The molecule has 1 N–H and O–H groups in total. The molecule has 1 aromatic carbocycles. The van der Waals surface area contributed by atoms with Gasteiger partial charge in [-0.15, -0.1) is 5.10 Å². The molecule has 1 saturated carbocycles. The van der Waals surface area contributed by atoms with Gasteiger partial charge < -0.3 is 19.5 Å². The highest BCUT2D eigenvalue weighted by Gasteiger charge is 2.42. The van der Waals surface area contributed by atoms with E-state index in [9.17, 15) is 5.26 Å². The number of morpholine rings is 1. The van der Waals surface area contributed by atoms with Crippen LogP contribution in [0.5, 0.6) is 11.6 Å². The van der Waals surface area contributed by atoms with Gasteiger partial charge in [0.05, 0.1) is 43.3 Å². The summed E-state index contributed by atoms with van der Waals surface area (Å²) >= 11 is 0. The van der Waals surface area contributed by atoms with E-state index in [1.807, 2.05) is 43.5 Å². The quantitative estimate of drug-likeness (QED) is 0.180. The third-order valence-electron chi connectivity index (χ3n) is 10.1. The van der Waals surface area contributed by atoms with Crippen molar-refractivity contribution in [3.63, 3.8) is 0 Å². The number of hydrogen-bond acceptors (Lipinski definition) is 12. The molecule has 2 saturated heterocycles. The Hall–Kier alpha value is -5.39. The van der Waals surface area contributed by atoms with Gasteiger partial charge in [0.2, 0.25) is 5.95 Å². The number of anilines is 2. The van der Waals surface area contributed by atoms with Crippen LogP contribution in [-0.4, -0.2) is 81.8 Å². The van der Waals surface area contributed by atoms with E-state index >= 15 is 0 Å². The number of fused-ring (bicyclic) bond motifs is 2. The molecule has 0 amide bonds. The first-order valence-electron chi connectivity index (χ1n) is 17.7. The lowest BCUT2D eigenvalue weighted by Crippen LogP contribution is -2.52. The van der Waals surface area contributed by atoms with Crippen LogP contribution in [0.4, 0.5) is 11.6 Å². The molecular weight excluding hydrogens is 646 g/mol. The highest BCUT2D eigenvalue weighted by atomic mass is 16.5. The van der Waals surface area contributed by atoms with E-state index < -0.39 is 0 Å². The third kappa shape index (κ3) is 7.40. The van der Waals surface area contributed by atoms with E-state index in [1.54, 1.807) is 35.7 Å². The average molecular weight is 688 g/mol. The van der Waals surface area contributed by atoms with Crippen molar-refractivity contribution in [3.8, 4) is 28.8 Å². The van der Waals surface area contributed by atoms with Gasteiger partial charge >= 0.3 is 0 Å². The average Bonchev–Trinajstić information content (AvgIpc) is 3.89. The lowest BCUT2D eigenvalue weighted by Gasteiger charge is -2.43. The van der Waals surface area contributed by atoms with E-state index in [0.29, 0.717) is 60.1 Å². The molecule has 8 rings (SSSR count). The summed E-state index contributed by atoms with van der Waals surface area (Å²) in [4.78, 5) is 20.4. The van der Waals surface area contributed by atoms with Crippen LogP contribution in [0.3, 0.4) is 0 Å². The van der Waals surface area contributed by atoms with Crippen LogP contribution < -0.4 is 14.8 Å². The second-order valence-electron chi connectivity index (χ2n) is 13.6. The smallest absolute Gasteiger partial charge is 0.257 e. The van der Waals surface area contributed by atoms with Gasteiger partial charge in [-0.3, -0.25) is 14.6 Å². The van der Waals surface area contributed by atoms with Crippen molar-refractivity contribution < 1.29 is 14.2 Å². The van der Waals surface area contributed by atoms with Crippen LogP contribution in [0, 0.1) is 11.3 Å². The van der Waals surface area contributed by atoms with E-state index in [1.165, 1.54) is 19.2 Å². The van der Waals surface area contributed by atoms with Crippen molar-refractivity contribution in [2.75, 3.05) is 18.5 Å². The molecule has 6 heterocycles. The normalized spacial score (nSPS) is 22.3. The SMILES string of the molecule is C[C@@H](Cn1cncn1)Oc1cc(-c2cnc(Nc3cn([C@H]4CC[C@H](N5[C@@H]6CC[C@H]5COC6)CC4)nc3OCc3ccccn3)nc2)ccc1C#N. The van der Waals surface area contributed by atoms with Gasteiger partial charge in [0.25, 0.3) is 5.88 Å². The first-order chi connectivity index (χ1) is 25.1. The van der Waals surface area contributed by atoms with Gasteiger partial charge in [-0.1, -0.05) is 12.1 Å². The zero-order valence-corrected chi connectivity index (χ0v) is 28.6. The summed E-state index contributed by atoms with van der Waals surface area (Å²) in [7, 11) is 0. The fourth-order valence-electron chi connectivity index (χ4n) is 7.66. The fraction of sp³-hybridized carbons (Fsp3) is 0.432. The van der Waals surface area contributed by atoms with Crippen LogP contribution >= 0.6 is 0 Å². The minimum atomic E-state index is -0.234. The molecule has 0 radical (unpaired) electrons. The third-order valence-corrected chi connectivity index (χ3v) is 10.1. The van der Waals surface area contributed by atoms with E-state index in [2.05, 4.69) is 46.0 Å². The molecule has 14 nitrogen and oxygen atoms in total. The summed E-state index contributed by atoms with van der Waals surface area (Å²) in [5.74, 6) is 1.38. The number of rotatable bonds is 12. The van der Waals surface area contributed by atoms with Gasteiger partial charge in [-0.25, -0.2) is 19.6 Å². The predicted octanol–water partition coefficient (Wildman–Crippen LogP) is 5.34. The highest BCUT2D eigenvalue weighted by Crippen LogP contribution is 2.39. The van der Waals surface area contributed by atoms with Crippen LogP contribution in [0.15, 0.2) is 73.8 Å². The van der Waals surface area contributed by atoms with Crippen molar-refractivity contribution in [2.24, 2.45) is 0 Å². The molecule has 0 spiro atoms. The van der Waals surface area contributed by atoms with Crippen LogP contribution in [0.2, 0.25) is 0 Å². The number of aromatic nitrogens is 8. The molecule has 4 aromatic heterocycles. The fourth-order valence-corrected chi connectivity index (χ4v) is 7.66. The van der Waals surface area contributed by atoms with Crippen LogP contribution in [-0.2, 0) is 17.9 Å². The van der Waals surface area contributed by atoms with Gasteiger partial charge in [0, 0.05) is 42.3 Å². The first-order valence-corrected chi connectivity index (χ1v) is 17.7. The molecule has 2 bridgehead atoms. The summed E-state index contributed by atoms with van der Waals surface area (Å²) in [6.07, 6.45) is 17.1. The predicted molar refractivity (Wildman–Crippen MR) is 187 cm³/mol. The minimum Gasteiger partial charge on any atom is -0.487 e. The van der Waals surface area contributed by atoms with Gasteiger partial charge in [-0.2, -0.15) is 10.4 Å². The Bertz CT molecular complexity index is 1920. The van der Waals surface area contributed by atoms with E-state index in [0.717, 1.165) is 55.7 Å². The summed E-state index contributed by atoms with van der Waals surface area (Å²) in [5, 5.41) is 22.1. The summed E-state index contributed by atoms with van der Waals surface area (Å²) in [6.45, 7) is 4.46. The zero-order chi connectivity index (χ0) is 34.6. The molecule has 0 unspecified atom stereocenters. The topological polar surface area (TPSA) is 154 Å². The molecule has 5 aromatic rings. The van der Waals surface area contributed by atoms with E-state index in [4.69, 9.17) is 19.3 Å². The second kappa shape index (κ2) is 14.8. The lowest BCUT2D eigenvalue weighted by molar-refractivity contribution is -0.0458.